The van der Waals surface area contributed by atoms with Crippen molar-refractivity contribution in [1.29, 1.82) is 0 Å². The fraction of sp³-hybridized carbons (Fsp3) is 0.643. The number of aliphatic hydroxyl groups is 1. The smallest absolute Gasteiger partial charge is 0.217 e. The summed E-state index contributed by atoms with van der Waals surface area (Å²) >= 11 is 0. The summed E-state index contributed by atoms with van der Waals surface area (Å²) in [6.45, 7) is 7.61. The summed E-state index contributed by atoms with van der Waals surface area (Å²) in [5.41, 5.74) is 1.15. The first kappa shape index (κ1) is 14.9. The zero-order chi connectivity index (χ0) is 13.6. The van der Waals surface area contributed by atoms with Gasteiger partial charge in [0.1, 0.15) is 0 Å². The topological polar surface area (TPSA) is 54.4 Å². The molecule has 4 heteroatoms. The van der Waals surface area contributed by atoms with E-state index in [1.807, 2.05) is 12.1 Å². The second-order valence-corrected chi connectivity index (χ2v) is 5.72. The zero-order valence-corrected chi connectivity index (χ0v) is 11.7. The summed E-state index contributed by atoms with van der Waals surface area (Å²) in [6, 6.07) is 3.85. The standard InChI is InChI=1S/C14H24N2O2/c1-14(2,3)8-12(17)10-15-9-11-6-5-7-16-13(11)18-4/h5-7,12,15,17H,8-10H2,1-4H3. The van der Waals surface area contributed by atoms with Crippen LogP contribution in [-0.2, 0) is 6.54 Å². The van der Waals surface area contributed by atoms with Crippen molar-refractivity contribution in [1.82, 2.24) is 10.3 Å². The Morgan fingerprint density at radius 3 is 2.78 bits per heavy atom. The van der Waals surface area contributed by atoms with E-state index in [0.717, 1.165) is 12.0 Å². The number of aliphatic hydroxyl groups excluding tert-OH is 1. The number of ether oxygens (including phenoxy) is 1. The van der Waals surface area contributed by atoms with Crippen LogP contribution in [0.25, 0.3) is 0 Å². The van der Waals surface area contributed by atoms with E-state index in [4.69, 9.17) is 4.74 Å². The first-order chi connectivity index (χ1) is 8.42. The Hall–Kier alpha value is -1.13. The first-order valence-electron chi connectivity index (χ1n) is 6.29. The van der Waals surface area contributed by atoms with Crippen LogP contribution < -0.4 is 10.1 Å². The molecule has 0 aromatic carbocycles. The Labute approximate surface area is 109 Å². The quantitative estimate of drug-likeness (QED) is 0.813. The minimum Gasteiger partial charge on any atom is -0.481 e. The molecule has 1 unspecified atom stereocenters. The monoisotopic (exact) mass is 252 g/mol. The molecule has 0 aliphatic heterocycles. The average molecular weight is 252 g/mol. The van der Waals surface area contributed by atoms with Crippen LogP contribution in [0.15, 0.2) is 18.3 Å². The molecular formula is C14H24N2O2. The van der Waals surface area contributed by atoms with E-state index in [0.29, 0.717) is 19.0 Å². The average Bonchev–Trinajstić information content (AvgIpc) is 2.27. The highest BCUT2D eigenvalue weighted by molar-refractivity contribution is 5.24. The van der Waals surface area contributed by atoms with E-state index in [-0.39, 0.29) is 11.5 Å². The minimum atomic E-state index is -0.326. The molecule has 0 bridgehead atoms. The molecule has 18 heavy (non-hydrogen) atoms. The van der Waals surface area contributed by atoms with Crippen molar-refractivity contribution >= 4 is 0 Å². The van der Waals surface area contributed by atoms with E-state index in [1.54, 1.807) is 13.3 Å². The van der Waals surface area contributed by atoms with Gasteiger partial charge in [0, 0.05) is 24.8 Å². The first-order valence-corrected chi connectivity index (χ1v) is 6.29. The van der Waals surface area contributed by atoms with Crippen molar-refractivity contribution in [3.05, 3.63) is 23.9 Å². The van der Waals surface area contributed by atoms with E-state index in [9.17, 15) is 5.11 Å². The fourth-order valence-corrected chi connectivity index (χ4v) is 1.89. The lowest BCUT2D eigenvalue weighted by Gasteiger charge is -2.22. The number of rotatable bonds is 6. The highest BCUT2D eigenvalue weighted by Crippen LogP contribution is 2.20. The Bertz CT molecular complexity index is 361. The molecule has 1 aromatic heterocycles. The lowest BCUT2D eigenvalue weighted by atomic mass is 9.89. The van der Waals surface area contributed by atoms with Crippen LogP contribution in [0.1, 0.15) is 32.8 Å². The number of nitrogens with zero attached hydrogens (tertiary/aromatic N) is 1. The maximum atomic E-state index is 9.88. The van der Waals surface area contributed by atoms with Crippen molar-refractivity contribution in [2.24, 2.45) is 5.41 Å². The van der Waals surface area contributed by atoms with Crippen molar-refractivity contribution in [2.45, 2.75) is 39.8 Å². The summed E-state index contributed by atoms with van der Waals surface area (Å²) in [4.78, 5) is 4.13. The molecule has 0 aliphatic rings. The van der Waals surface area contributed by atoms with Gasteiger partial charge in [-0.05, 0) is 17.9 Å². The van der Waals surface area contributed by atoms with Crippen LogP contribution in [0.3, 0.4) is 0 Å². The molecule has 0 radical (unpaired) electrons. The second kappa shape index (κ2) is 6.71. The van der Waals surface area contributed by atoms with Gasteiger partial charge in [0.15, 0.2) is 0 Å². The van der Waals surface area contributed by atoms with Crippen LogP contribution in [0.2, 0.25) is 0 Å². The molecule has 4 nitrogen and oxygen atoms in total. The molecule has 0 amide bonds. The Balaban J connectivity index is 2.37. The predicted molar refractivity (Wildman–Crippen MR) is 72.6 cm³/mol. The van der Waals surface area contributed by atoms with Crippen molar-refractivity contribution in [3.63, 3.8) is 0 Å². The van der Waals surface area contributed by atoms with E-state index in [1.165, 1.54) is 0 Å². The molecule has 102 valence electrons. The Kier molecular flexibility index (Phi) is 5.56. The van der Waals surface area contributed by atoms with Gasteiger partial charge in [0.25, 0.3) is 0 Å². The number of nitrogens with one attached hydrogen (secondary N) is 1. The molecule has 0 aliphatic carbocycles. The third-order valence-corrected chi connectivity index (χ3v) is 2.59. The maximum absolute atomic E-state index is 9.88. The number of pyridine rings is 1. The van der Waals surface area contributed by atoms with E-state index >= 15 is 0 Å². The Morgan fingerprint density at radius 2 is 2.17 bits per heavy atom. The molecule has 1 rings (SSSR count). The second-order valence-electron chi connectivity index (χ2n) is 5.72. The van der Waals surface area contributed by atoms with Crippen molar-refractivity contribution < 1.29 is 9.84 Å². The van der Waals surface area contributed by atoms with Gasteiger partial charge in [-0.1, -0.05) is 26.8 Å². The number of methoxy groups -OCH3 is 1. The molecule has 0 spiro atoms. The molecule has 1 aromatic rings. The predicted octanol–water partition coefficient (Wildman–Crippen LogP) is 1.98. The molecule has 1 heterocycles. The summed E-state index contributed by atoms with van der Waals surface area (Å²) in [6.07, 6.45) is 2.16. The normalized spacial score (nSPS) is 13.4. The van der Waals surface area contributed by atoms with Gasteiger partial charge in [-0.3, -0.25) is 0 Å². The third-order valence-electron chi connectivity index (χ3n) is 2.59. The Morgan fingerprint density at radius 1 is 1.44 bits per heavy atom. The molecule has 1 atom stereocenters. The number of hydrogen-bond acceptors (Lipinski definition) is 4. The van der Waals surface area contributed by atoms with Gasteiger partial charge >= 0.3 is 0 Å². The summed E-state index contributed by atoms with van der Waals surface area (Å²) in [5.74, 6) is 0.635. The largest absolute Gasteiger partial charge is 0.481 e. The zero-order valence-electron chi connectivity index (χ0n) is 11.7. The van der Waals surface area contributed by atoms with E-state index < -0.39 is 0 Å². The van der Waals surface area contributed by atoms with Crippen LogP contribution in [0, 0.1) is 5.41 Å². The third kappa shape index (κ3) is 5.47. The summed E-state index contributed by atoms with van der Waals surface area (Å²) < 4.78 is 5.17. The van der Waals surface area contributed by atoms with Gasteiger partial charge in [-0.2, -0.15) is 0 Å². The fourth-order valence-electron chi connectivity index (χ4n) is 1.89. The summed E-state index contributed by atoms with van der Waals surface area (Å²) in [5, 5.41) is 13.1. The van der Waals surface area contributed by atoms with Gasteiger partial charge in [0.2, 0.25) is 5.88 Å². The highest BCUT2D eigenvalue weighted by atomic mass is 16.5. The van der Waals surface area contributed by atoms with Crippen molar-refractivity contribution in [3.8, 4) is 5.88 Å². The van der Waals surface area contributed by atoms with Crippen LogP contribution in [0.4, 0.5) is 0 Å². The maximum Gasteiger partial charge on any atom is 0.217 e. The molecular weight excluding hydrogens is 228 g/mol. The van der Waals surface area contributed by atoms with Gasteiger partial charge < -0.3 is 15.2 Å². The molecule has 2 N–H and O–H groups in total. The number of aromatic nitrogens is 1. The lowest BCUT2D eigenvalue weighted by molar-refractivity contribution is 0.119. The number of hydrogen-bond donors (Lipinski definition) is 2. The van der Waals surface area contributed by atoms with Crippen molar-refractivity contribution in [2.75, 3.05) is 13.7 Å². The lowest BCUT2D eigenvalue weighted by Crippen LogP contribution is -2.30. The van der Waals surface area contributed by atoms with Gasteiger partial charge in [0.05, 0.1) is 13.2 Å². The van der Waals surface area contributed by atoms with Crippen LogP contribution in [-0.4, -0.2) is 29.8 Å². The van der Waals surface area contributed by atoms with Gasteiger partial charge in [-0.25, -0.2) is 4.98 Å². The minimum absolute atomic E-state index is 0.146. The van der Waals surface area contributed by atoms with Crippen LogP contribution >= 0.6 is 0 Å². The summed E-state index contributed by atoms with van der Waals surface area (Å²) in [7, 11) is 1.61. The SMILES string of the molecule is COc1ncccc1CNCC(O)CC(C)(C)C. The molecule has 0 saturated carbocycles. The highest BCUT2D eigenvalue weighted by Gasteiger charge is 2.16. The van der Waals surface area contributed by atoms with Gasteiger partial charge in [-0.15, -0.1) is 0 Å². The van der Waals surface area contributed by atoms with E-state index in [2.05, 4.69) is 31.1 Å². The van der Waals surface area contributed by atoms with Crippen LogP contribution in [0.5, 0.6) is 5.88 Å². The molecule has 0 fully saturated rings. The molecule has 0 saturated heterocycles.